The molecule has 1 atom stereocenters. The van der Waals surface area contributed by atoms with E-state index in [9.17, 15) is 0 Å². The molecule has 0 aliphatic carbocycles. The first-order valence-electron chi connectivity index (χ1n) is 5.24. The fourth-order valence-electron chi connectivity index (χ4n) is 1.69. The van der Waals surface area contributed by atoms with Gasteiger partial charge in [0.05, 0.1) is 0 Å². The Balaban J connectivity index is 2.17. The van der Waals surface area contributed by atoms with Gasteiger partial charge in [-0.05, 0) is 51.5 Å². The predicted molar refractivity (Wildman–Crippen MR) is 83.3 cm³/mol. The lowest BCUT2D eigenvalue weighted by molar-refractivity contribution is 0.774. The highest BCUT2D eigenvalue weighted by Crippen LogP contribution is 2.30. The summed E-state index contributed by atoms with van der Waals surface area (Å²) < 4.78 is 2.29. The zero-order valence-electron chi connectivity index (χ0n) is 9.00. The number of hydrogen-bond acceptors (Lipinski definition) is 1. The summed E-state index contributed by atoms with van der Waals surface area (Å²) in [7, 11) is 0. The molecule has 0 radical (unpaired) electrons. The minimum atomic E-state index is 0.375. The van der Waals surface area contributed by atoms with Crippen LogP contribution in [0.2, 0.25) is 0 Å². The van der Waals surface area contributed by atoms with Crippen molar-refractivity contribution in [3.8, 4) is 0 Å². The van der Waals surface area contributed by atoms with E-state index in [0.29, 0.717) is 11.8 Å². The number of alkyl halides is 1. The molecule has 2 rings (SSSR count). The zero-order chi connectivity index (χ0) is 12.3. The molecule has 90 valence electrons. The van der Waals surface area contributed by atoms with Gasteiger partial charge in [-0.2, -0.15) is 0 Å². The minimum Gasteiger partial charge on any atom is -0.148 e. The van der Waals surface area contributed by atoms with Gasteiger partial charge in [-0.3, -0.25) is 0 Å². The smallest absolute Gasteiger partial charge is 0.0314 e. The van der Waals surface area contributed by atoms with Crippen LogP contribution >= 0.6 is 54.8 Å². The van der Waals surface area contributed by atoms with Gasteiger partial charge in [-0.25, -0.2) is 0 Å². The average molecular weight is 395 g/mol. The summed E-state index contributed by atoms with van der Waals surface area (Å²) in [6.45, 7) is 0. The molecule has 1 aromatic heterocycles. The van der Waals surface area contributed by atoms with Gasteiger partial charge in [0, 0.05) is 25.6 Å². The zero-order valence-corrected chi connectivity index (χ0v) is 13.7. The van der Waals surface area contributed by atoms with E-state index in [2.05, 4.69) is 67.6 Å². The lowest BCUT2D eigenvalue weighted by atomic mass is 9.97. The van der Waals surface area contributed by atoms with Gasteiger partial charge < -0.3 is 0 Å². The van der Waals surface area contributed by atoms with Crippen LogP contribution in [0.3, 0.4) is 0 Å². The SMILES string of the molecule is ClCC(Cc1sccc1Br)c1ccc(Br)cc1. The summed E-state index contributed by atoms with van der Waals surface area (Å²) in [4.78, 5) is 1.36. The van der Waals surface area contributed by atoms with Crippen molar-refractivity contribution in [3.63, 3.8) is 0 Å². The van der Waals surface area contributed by atoms with Gasteiger partial charge in [-0.15, -0.1) is 22.9 Å². The first-order chi connectivity index (χ1) is 8.20. The molecule has 0 nitrogen and oxygen atoms in total. The Morgan fingerprint density at radius 3 is 2.35 bits per heavy atom. The average Bonchev–Trinajstić information content (AvgIpc) is 2.73. The molecule has 0 aliphatic heterocycles. The Hall–Kier alpha value is 0.170. The van der Waals surface area contributed by atoms with E-state index in [-0.39, 0.29) is 0 Å². The summed E-state index contributed by atoms with van der Waals surface area (Å²) in [5.74, 6) is 1.02. The topological polar surface area (TPSA) is 0 Å². The normalized spacial score (nSPS) is 12.6. The molecule has 0 N–H and O–H groups in total. The Kier molecular flexibility index (Phi) is 5.10. The van der Waals surface area contributed by atoms with Crippen molar-refractivity contribution >= 4 is 54.8 Å². The lowest BCUT2D eigenvalue weighted by Gasteiger charge is -2.13. The van der Waals surface area contributed by atoms with Crippen LogP contribution in [0.5, 0.6) is 0 Å². The van der Waals surface area contributed by atoms with Crippen molar-refractivity contribution in [3.05, 3.63) is 55.1 Å². The van der Waals surface area contributed by atoms with Gasteiger partial charge in [0.2, 0.25) is 0 Å². The lowest BCUT2D eigenvalue weighted by Crippen LogP contribution is -2.03. The van der Waals surface area contributed by atoms with Crippen molar-refractivity contribution in [2.24, 2.45) is 0 Å². The quantitative estimate of drug-likeness (QED) is 0.572. The molecule has 17 heavy (non-hydrogen) atoms. The summed E-state index contributed by atoms with van der Waals surface area (Å²) in [5.41, 5.74) is 1.29. The second kappa shape index (κ2) is 6.37. The Bertz CT molecular complexity index is 478. The Morgan fingerprint density at radius 1 is 1.12 bits per heavy atom. The number of thiophene rings is 1. The molecule has 0 spiro atoms. The van der Waals surface area contributed by atoms with E-state index in [1.165, 1.54) is 14.9 Å². The third-order valence-electron chi connectivity index (χ3n) is 2.65. The standard InChI is InChI=1S/C13H11Br2ClS/c14-11-3-1-9(2-4-11)10(8-16)7-13-12(15)5-6-17-13/h1-6,10H,7-8H2. The third-order valence-corrected chi connectivity index (χ3v) is 5.50. The maximum absolute atomic E-state index is 6.09. The number of rotatable bonds is 4. The van der Waals surface area contributed by atoms with E-state index in [0.717, 1.165) is 10.9 Å². The second-order valence-electron chi connectivity index (χ2n) is 3.80. The van der Waals surface area contributed by atoms with Gasteiger partial charge in [-0.1, -0.05) is 28.1 Å². The third kappa shape index (κ3) is 3.57. The molecule has 4 heteroatoms. The summed E-state index contributed by atoms with van der Waals surface area (Å²) in [5, 5.41) is 2.10. The van der Waals surface area contributed by atoms with Crippen LogP contribution in [-0.2, 0) is 6.42 Å². The van der Waals surface area contributed by atoms with E-state index >= 15 is 0 Å². The highest BCUT2D eigenvalue weighted by Gasteiger charge is 2.13. The molecule has 0 fully saturated rings. The molecule has 0 saturated heterocycles. The summed E-state index contributed by atoms with van der Waals surface area (Å²) in [6.07, 6.45) is 0.989. The highest BCUT2D eigenvalue weighted by molar-refractivity contribution is 9.10. The number of halogens is 3. The number of hydrogen-bond donors (Lipinski definition) is 0. The molecule has 0 bridgehead atoms. The first-order valence-corrected chi connectivity index (χ1v) is 8.24. The van der Waals surface area contributed by atoms with Crippen LogP contribution in [0.15, 0.2) is 44.7 Å². The minimum absolute atomic E-state index is 0.375. The van der Waals surface area contributed by atoms with Crippen molar-refractivity contribution in [1.82, 2.24) is 0 Å². The van der Waals surface area contributed by atoms with Crippen LogP contribution < -0.4 is 0 Å². The monoisotopic (exact) mass is 392 g/mol. The van der Waals surface area contributed by atoms with Gasteiger partial charge in [0.25, 0.3) is 0 Å². The van der Waals surface area contributed by atoms with Gasteiger partial charge >= 0.3 is 0 Å². The van der Waals surface area contributed by atoms with E-state index in [1.807, 2.05) is 0 Å². The molecule has 2 aromatic rings. The van der Waals surface area contributed by atoms with Crippen molar-refractivity contribution in [1.29, 1.82) is 0 Å². The Labute approximate surface area is 127 Å². The molecular formula is C13H11Br2ClS. The van der Waals surface area contributed by atoms with Crippen LogP contribution in [0, 0.1) is 0 Å². The van der Waals surface area contributed by atoms with Crippen molar-refractivity contribution in [2.75, 3.05) is 5.88 Å². The van der Waals surface area contributed by atoms with Crippen LogP contribution in [0.25, 0.3) is 0 Å². The summed E-state index contributed by atoms with van der Waals surface area (Å²) >= 11 is 14.9. The summed E-state index contributed by atoms with van der Waals surface area (Å²) in [6, 6.07) is 10.5. The van der Waals surface area contributed by atoms with Gasteiger partial charge in [0.1, 0.15) is 0 Å². The first kappa shape index (κ1) is 13.6. The molecule has 0 amide bonds. The maximum Gasteiger partial charge on any atom is 0.0314 e. The van der Waals surface area contributed by atoms with Crippen LogP contribution in [0.1, 0.15) is 16.4 Å². The largest absolute Gasteiger partial charge is 0.148 e. The van der Waals surface area contributed by atoms with Crippen LogP contribution in [-0.4, -0.2) is 5.88 Å². The van der Waals surface area contributed by atoms with Crippen molar-refractivity contribution < 1.29 is 0 Å². The molecule has 0 saturated carbocycles. The molecule has 1 heterocycles. The van der Waals surface area contributed by atoms with Crippen molar-refractivity contribution in [2.45, 2.75) is 12.3 Å². The molecular weight excluding hydrogens is 383 g/mol. The molecule has 1 aromatic carbocycles. The Morgan fingerprint density at radius 2 is 1.82 bits per heavy atom. The van der Waals surface area contributed by atoms with E-state index in [4.69, 9.17) is 11.6 Å². The molecule has 0 aliphatic rings. The fourth-order valence-corrected chi connectivity index (χ4v) is 3.84. The van der Waals surface area contributed by atoms with E-state index < -0.39 is 0 Å². The second-order valence-corrected chi connectivity index (χ2v) is 6.88. The highest BCUT2D eigenvalue weighted by atomic mass is 79.9. The fraction of sp³-hybridized carbons (Fsp3) is 0.231. The molecule has 1 unspecified atom stereocenters. The predicted octanol–water partition coefficient (Wildman–Crippen LogP) is 5.84. The maximum atomic E-state index is 6.09. The van der Waals surface area contributed by atoms with Gasteiger partial charge in [0.15, 0.2) is 0 Å². The number of benzene rings is 1. The van der Waals surface area contributed by atoms with Crippen LogP contribution in [0.4, 0.5) is 0 Å². The van der Waals surface area contributed by atoms with E-state index in [1.54, 1.807) is 11.3 Å².